The first-order chi connectivity index (χ1) is 15.5. The minimum atomic E-state index is 0.00265. The van der Waals surface area contributed by atoms with Crippen LogP contribution in [0.2, 0.25) is 0 Å². The van der Waals surface area contributed by atoms with Gasteiger partial charge in [0, 0.05) is 49.5 Å². The van der Waals surface area contributed by atoms with Crippen LogP contribution in [0.5, 0.6) is 0 Å². The summed E-state index contributed by atoms with van der Waals surface area (Å²) in [6, 6.07) is 19.5. The molecule has 2 aromatic carbocycles. The number of aryl methyl sites for hydroxylation is 1. The summed E-state index contributed by atoms with van der Waals surface area (Å²) in [5.41, 5.74) is 4.96. The first-order valence-corrected chi connectivity index (χ1v) is 12.2. The summed E-state index contributed by atoms with van der Waals surface area (Å²) in [5, 5.41) is 1.30. The van der Waals surface area contributed by atoms with Crippen molar-refractivity contribution in [2.45, 2.75) is 59.0 Å². The van der Waals surface area contributed by atoms with Crippen LogP contribution in [-0.2, 0) is 24.9 Å². The standard InChI is InChI=1S/C28H37N3O/c1-22(2)28(32)31-18-12-6-4-5-11-17-30(20-24-14-8-10-16-27(24)31)21-25-19-23-13-7-9-15-26(23)29(25)3/h7-10,13-16,19,22H,4-6,11-12,17-18,20-21H2,1-3H3. The van der Waals surface area contributed by atoms with Gasteiger partial charge < -0.3 is 9.47 Å². The van der Waals surface area contributed by atoms with Crippen molar-refractivity contribution in [2.75, 3.05) is 18.0 Å². The molecular formula is C28H37N3O. The molecule has 0 saturated carbocycles. The van der Waals surface area contributed by atoms with E-state index in [2.05, 4.69) is 76.0 Å². The second kappa shape index (κ2) is 10.4. The fourth-order valence-electron chi connectivity index (χ4n) is 4.89. The van der Waals surface area contributed by atoms with Crippen molar-refractivity contribution in [3.05, 3.63) is 65.9 Å². The molecule has 0 bridgehead atoms. The Morgan fingerprint density at radius 1 is 0.906 bits per heavy atom. The Labute approximate surface area is 192 Å². The van der Waals surface area contributed by atoms with Gasteiger partial charge in [-0.15, -0.1) is 0 Å². The fourth-order valence-corrected chi connectivity index (χ4v) is 4.89. The van der Waals surface area contributed by atoms with Crippen LogP contribution in [0.1, 0.15) is 57.2 Å². The molecule has 4 nitrogen and oxygen atoms in total. The van der Waals surface area contributed by atoms with Crippen molar-refractivity contribution in [1.29, 1.82) is 0 Å². The molecule has 170 valence electrons. The molecule has 0 aliphatic carbocycles. The summed E-state index contributed by atoms with van der Waals surface area (Å²) in [6.45, 7) is 7.68. The van der Waals surface area contributed by atoms with Crippen LogP contribution in [0.3, 0.4) is 0 Å². The third kappa shape index (κ3) is 5.07. The van der Waals surface area contributed by atoms with Crippen molar-refractivity contribution in [1.82, 2.24) is 9.47 Å². The average Bonchev–Trinajstić information content (AvgIpc) is 3.10. The number of nitrogens with zero attached hydrogens (tertiary/aromatic N) is 3. The molecule has 3 aromatic rings. The van der Waals surface area contributed by atoms with E-state index in [1.165, 1.54) is 47.8 Å². The maximum Gasteiger partial charge on any atom is 0.229 e. The number of amides is 1. The number of rotatable bonds is 3. The molecule has 4 rings (SSSR count). The summed E-state index contributed by atoms with van der Waals surface area (Å²) >= 11 is 0. The second-order valence-electron chi connectivity index (χ2n) is 9.51. The molecule has 0 radical (unpaired) electrons. The zero-order chi connectivity index (χ0) is 22.5. The number of para-hydroxylation sites is 2. The average molecular weight is 432 g/mol. The Morgan fingerprint density at radius 3 is 2.38 bits per heavy atom. The Kier molecular flexibility index (Phi) is 7.31. The van der Waals surface area contributed by atoms with Crippen LogP contribution < -0.4 is 4.90 Å². The highest BCUT2D eigenvalue weighted by Crippen LogP contribution is 2.27. The Balaban J connectivity index is 1.65. The van der Waals surface area contributed by atoms with Crippen molar-refractivity contribution in [3.63, 3.8) is 0 Å². The van der Waals surface area contributed by atoms with Crippen molar-refractivity contribution in [2.24, 2.45) is 13.0 Å². The van der Waals surface area contributed by atoms with E-state index >= 15 is 0 Å². The number of hydrogen-bond acceptors (Lipinski definition) is 2. The minimum Gasteiger partial charge on any atom is -0.346 e. The van der Waals surface area contributed by atoms with Crippen LogP contribution in [0, 0.1) is 5.92 Å². The SMILES string of the molecule is CC(C)C(=O)N1CCCCCCCN(Cc2cc3ccccc3n2C)Cc2ccccc21. The molecule has 32 heavy (non-hydrogen) atoms. The van der Waals surface area contributed by atoms with Crippen LogP contribution in [0.4, 0.5) is 5.69 Å². The van der Waals surface area contributed by atoms with E-state index in [0.29, 0.717) is 0 Å². The highest BCUT2D eigenvalue weighted by molar-refractivity contribution is 5.95. The van der Waals surface area contributed by atoms with Gasteiger partial charge in [0.05, 0.1) is 0 Å². The predicted molar refractivity (Wildman–Crippen MR) is 134 cm³/mol. The van der Waals surface area contributed by atoms with Gasteiger partial charge in [0.1, 0.15) is 0 Å². The van der Waals surface area contributed by atoms with Gasteiger partial charge in [-0.05, 0) is 48.5 Å². The maximum absolute atomic E-state index is 13.1. The molecule has 0 spiro atoms. The molecule has 1 aromatic heterocycles. The van der Waals surface area contributed by atoms with Crippen LogP contribution in [0.25, 0.3) is 10.9 Å². The third-order valence-corrected chi connectivity index (χ3v) is 6.73. The van der Waals surface area contributed by atoms with E-state index in [1.54, 1.807) is 0 Å². The van der Waals surface area contributed by atoms with E-state index in [0.717, 1.165) is 38.3 Å². The van der Waals surface area contributed by atoms with Gasteiger partial charge in [-0.25, -0.2) is 0 Å². The molecule has 0 unspecified atom stereocenters. The van der Waals surface area contributed by atoms with Crippen molar-refractivity contribution < 1.29 is 4.79 Å². The topological polar surface area (TPSA) is 28.5 Å². The molecular weight excluding hydrogens is 394 g/mol. The van der Waals surface area contributed by atoms with E-state index in [-0.39, 0.29) is 11.8 Å². The Morgan fingerprint density at radius 2 is 1.59 bits per heavy atom. The second-order valence-corrected chi connectivity index (χ2v) is 9.51. The lowest BCUT2D eigenvalue weighted by molar-refractivity contribution is -0.121. The van der Waals surface area contributed by atoms with E-state index in [9.17, 15) is 4.79 Å². The van der Waals surface area contributed by atoms with Crippen LogP contribution in [0.15, 0.2) is 54.6 Å². The molecule has 2 heterocycles. The van der Waals surface area contributed by atoms with Gasteiger partial charge in [-0.2, -0.15) is 0 Å². The number of carbonyl (C=O) groups excluding carboxylic acids is 1. The normalized spacial score (nSPS) is 16.6. The van der Waals surface area contributed by atoms with Gasteiger partial charge in [0.2, 0.25) is 5.91 Å². The van der Waals surface area contributed by atoms with Gasteiger partial charge in [0.25, 0.3) is 0 Å². The predicted octanol–water partition coefficient (Wildman–Crippen LogP) is 6.13. The van der Waals surface area contributed by atoms with Gasteiger partial charge in [0.15, 0.2) is 0 Å². The summed E-state index contributed by atoms with van der Waals surface area (Å²) in [6.07, 6.45) is 5.99. The zero-order valence-electron chi connectivity index (χ0n) is 19.9. The van der Waals surface area contributed by atoms with Gasteiger partial charge >= 0.3 is 0 Å². The molecule has 1 aliphatic rings. The maximum atomic E-state index is 13.1. The third-order valence-electron chi connectivity index (χ3n) is 6.73. The first-order valence-electron chi connectivity index (χ1n) is 12.2. The summed E-state index contributed by atoms with van der Waals surface area (Å²) in [7, 11) is 2.17. The van der Waals surface area contributed by atoms with Crippen LogP contribution in [-0.4, -0.2) is 28.5 Å². The number of anilines is 1. The molecule has 4 heteroatoms. The van der Waals surface area contributed by atoms with Gasteiger partial charge in [-0.3, -0.25) is 9.69 Å². The highest BCUT2D eigenvalue weighted by atomic mass is 16.2. The van der Waals surface area contributed by atoms with Gasteiger partial charge in [-0.1, -0.05) is 69.5 Å². The summed E-state index contributed by atoms with van der Waals surface area (Å²) in [5.74, 6) is 0.234. The highest BCUT2D eigenvalue weighted by Gasteiger charge is 2.22. The molecule has 1 aliphatic heterocycles. The lowest BCUT2D eigenvalue weighted by Gasteiger charge is -2.30. The number of benzene rings is 2. The van der Waals surface area contributed by atoms with E-state index in [4.69, 9.17) is 0 Å². The number of aromatic nitrogens is 1. The lowest BCUT2D eigenvalue weighted by Crippen LogP contribution is -2.36. The monoisotopic (exact) mass is 431 g/mol. The number of hydrogen-bond donors (Lipinski definition) is 0. The molecule has 0 atom stereocenters. The Hall–Kier alpha value is -2.59. The lowest BCUT2D eigenvalue weighted by atomic mass is 10.1. The largest absolute Gasteiger partial charge is 0.346 e. The zero-order valence-corrected chi connectivity index (χ0v) is 19.9. The van der Waals surface area contributed by atoms with Crippen LogP contribution >= 0.6 is 0 Å². The number of carbonyl (C=O) groups is 1. The molecule has 0 fully saturated rings. The summed E-state index contributed by atoms with van der Waals surface area (Å²) in [4.78, 5) is 17.7. The van der Waals surface area contributed by atoms with E-state index in [1.807, 2.05) is 13.8 Å². The van der Waals surface area contributed by atoms with Crippen molar-refractivity contribution >= 4 is 22.5 Å². The van der Waals surface area contributed by atoms with Crippen molar-refractivity contribution in [3.8, 4) is 0 Å². The van der Waals surface area contributed by atoms with E-state index < -0.39 is 0 Å². The summed E-state index contributed by atoms with van der Waals surface area (Å²) < 4.78 is 2.33. The molecule has 1 amide bonds. The Bertz CT molecular complexity index is 1050. The molecule has 0 N–H and O–H groups in total. The number of fused-ring (bicyclic) bond motifs is 2. The fraction of sp³-hybridized carbons (Fsp3) is 0.464. The smallest absolute Gasteiger partial charge is 0.229 e. The molecule has 0 saturated heterocycles. The first kappa shape index (κ1) is 22.6. The minimum absolute atomic E-state index is 0.00265. The quantitative estimate of drug-likeness (QED) is 0.499.